The molecule has 5 heterocycles. The minimum atomic E-state index is -1.77. The van der Waals surface area contributed by atoms with Crippen molar-refractivity contribution in [2.75, 3.05) is 19.8 Å². The first-order valence-electron chi connectivity index (χ1n) is 26.6. The molecule has 0 unspecified atom stereocenters. The molecule has 8 N–H and O–H groups in total. The minimum Gasteiger partial charge on any atom is -0.484 e. The number of aliphatic hydroxyl groups excluding tert-OH is 7. The summed E-state index contributed by atoms with van der Waals surface area (Å²) in [4.78, 5) is 13.3. The van der Waals surface area contributed by atoms with Gasteiger partial charge in [0, 0.05) is 23.9 Å². The lowest BCUT2D eigenvalue weighted by atomic mass is 9.47. The molecule has 26 atom stereocenters. The van der Waals surface area contributed by atoms with Gasteiger partial charge >= 0.3 is 0 Å². The first kappa shape index (κ1) is 53.3. The summed E-state index contributed by atoms with van der Waals surface area (Å²) in [5.41, 5.74) is 1.43. The van der Waals surface area contributed by atoms with Gasteiger partial charge in [-0.05, 0) is 130 Å². The zero-order valence-electron chi connectivity index (χ0n) is 42.2. The summed E-state index contributed by atoms with van der Waals surface area (Å²) in [6, 6.07) is 6.49. The van der Waals surface area contributed by atoms with E-state index < -0.39 is 110 Å². The van der Waals surface area contributed by atoms with Crippen LogP contribution in [0.5, 0.6) is 5.75 Å². The van der Waals surface area contributed by atoms with Crippen molar-refractivity contribution < 1.29 is 83.2 Å². The van der Waals surface area contributed by atoms with Crippen molar-refractivity contribution in [2.45, 2.75) is 209 Å². The topological polar surface area (TPSA) is 254 Å². The second-order valence-electron chi connectivity index (χ2n) is 23.4. The number of benzene rings is 1. The Kier molecular flexibility index (Phi) is 15.3. The van der Waals surface area contributed by atoms with E-state index in [1.807, 2.05) is 0 Å². The number of carbonyl (C=O) groups excluding carboxylic acids is 1. The number of hydrogen-bond donors (Lipinski definition) is 8. The quantitative estimate of drug-likeness (QED) is 0.148. The van der Waals surface area contributed by atoms with E-state index in [4.69, 9.17) is 54.2 Å². The standard InChI is InChI=1S/C53H78ClNO17/c1-24-13-18-53(65-22-24)25(2)38-35(72-53)20-34-32-12-7-28-19-31(14-16-51(28,5)33(32)15-17-52(34,38)6)68-50-47(71-49-44(62)42(60)40(58)27(4)67-49)45(63)46(70-48-43(61)41(59)39(57)26(3)66-48)36(69-50)21-55-37(56)23-64-30-10-8-29(54)9-11-30/h7-11,24-27,31-36,38-50,57-63H,12-23H2,1-6H3,(H,55,56)/t24-,25+,26-,27-,31+,32-,33+,34+,35+,36-,38+,39-,40-,41+,42+,43+,44+,45+,46-,47-,48-,49-,50-,51+,52+,53-/m1/s1. The maximum atomic E-state index is 13.3. The van der Waals surface area contributed by atoms with Gasteiger partial charge in [-0.1, -0.05) is 50.9 Å². The number of hydrogen-bond acceptors (Lipinski definition) is 17. The molecule has 9 aliphatic rings. The summed E-state index contributed by atoms with van der Waals surface area (Å²) in [6.07, 6.45) is -11.5. The number of halogens is 1. The van der Waals surface area contributed by atoms with Crippen LogP contribution in [0.15, 0.2) is 35.9 Å². The van der Waals surface area contributed by atoms with Crippen LogP contribution in [0.4, 0.5) is 0 Å². The van der Waals surface area contributed by atoms with Gasteiger partial charge in [0.25, 0.3) is 5.91 Å². The van der Waals surface area contributed by atoms with Gasteiger partial charge in [0.1, 0.15) is 66.8 Å². The molecule has 1 aromatic carbocycles. The van der Waals surface area contributed by atoms with Crippen molar-refractivity contribution in [3.63, 3.8) is 0 Å². The smallest absolute Gasteiger partial charge is 0.258 e. The van der Waals surface area contributed by atoms with E-state index in [2.05, 4.69) is 39.1 Å². The molecule has 404 valence electrons. The summed E-state index contributed by atoms with van der Waals surface area (Å²) in [6.45, 7) is 12.7. The Balaban J connectivity index is 0.882. The Hall–Kier alpha value is -2.08. The average molecular weight is 1040 g/mol. The molecule has 4 aliphatic carbocycles. The molecule has 5 aliphatic heterocycles. The molecule has 1 amide bonds. The highest BCUT2D eigenvalue weighted by Gasteiger charge is 2.69. The van der Waals surface area contributed by atoms with Crippen LogP contribution in [0, 0.1) is 46.3 Å². The lowest BCUT2D eigenvalue weighted by Crippen LogP contribution is -2.67. The number of allylic oxidation sites excluding steroid dienone is 1. The Morgan fingerprint density at radius 2 is 1.42 bits per heavy atom. The predicted octanol–water partition coefficient (Wildman–Crippen LogP) is 3.10. The third-order valence-corrected chi connectivity index (χ3v) is 19.4. The zero-order chi connectivity index (χ0) is 51.2. The summed E-state index contributed by atoms with van der Waals surface area (Å²) in [7, 11) is 0. The Labute approximate surface area is 426 Å². The third kappa shape index (κ3) is 9.61. The second-order valence-corrected chi connectivity index (χ2v) is 23.9. The van der Waals surface area contributed by atoms with Crippen molar-refractivity contribution in [1.29, 1.82) is 0 Å². The van der Waals surface area contributed by atoms with Crippen LogP contribution < -0.4 is 10.1 Å². The normalized spacial score (nSPS) is 51.1. The minimum absolute atomic E-state index is 0.0654. The van der Waals surface area contributed by atoms with Crippen LogP contribution in [0.25, 0.3) is 0 Å². The number of rotatable bonds is 11. The highest BCUT2D eigenvalue weighted by Crippen LogP contribution is 2.70. The van der Waals surface area contributed by atoms with E-state index in [1.54, 1.807) is 24.3 Å². The van der Waals surface area contributed by atoms with Crippen LogP contribution in [0.1, 0.15) is 99.3 Å². The van der Waals surface area contributed by atoms with Gasteiger partial charge in [0.2, 0.25) is 0 Å². The molecule has 18 nitrogen and oxygen atoms in total. The van der Waals surface area contributed by atoms with Crippen molar-refractivity contribution >= 4 is 17.5 Å². The fourth-order valence-corrected chi connectivity index (χ4v) is 15.1. The lowest BCUT2D eigenvalue weighted by Gasteiger charge is -2.59. The van der Waals surface area contributed by atoms with Crippen LogP contribution in [0.2, 0.25) is 5.02 Å². The summed E-state index contributed by atoms with van der Waals surface area (Å²) < 4.78 is 57.0. The van der Waals surface area contributed by atoms with Crippen LogP contribution >= 0.6 is 11.6 Å². The first-order valence-corrected chi connectivity index (χ1v) is 26.9. The van der Waals surface area contributed by atoms with E-state index in [0.717, 1.165) is 51.6 Å². The fraction of sp³-hybridized carbons (Fsp3) is 0.830. The van der Waals surface area contributed by atoms with Gasteiger partial charge in [-0.3, -0.25) is 4.79 Å². The van der Waals surface area contributed by atoms with E-state index in [1.165, 1.54) is 19.4 Å². The second kappa shape index (κ2) is 20.7. The molecule has 0 radical (unpaired) electrons. The van der Waals surface area contributed by atoms with Gasteiger partial charge in [0.15, 0.2) is 31.3 Å². The number of carbonyl (C=O) groups is 1. The van der Waals surface area contributed by atoms with Gasteiger partial charge in [-0.15, -0.1) is 0 Å². The molecule has 0 aromatic heterocycles. The fourth-order valence-electron chi connectivity index (χ4n) is 14.9. The number of aliphatic hydroxyl groups is 7. The molecule has 3 saturated carbocycles. The maximum Gasteiger partial charge on any atom is 0.258 e. The van der Waals surface area contributed by atoms with Crippen LogP contribution in [0.3, 0.4) is 0 Å². The van der Waals surface area contributed by atoms with Crippen molar-refractivity contribution in [3.05, 3.63) is 40.9 Å². The van der Waals surface area contributed by atoms with Crippen LogP contribution in [-0.2, 0) is 42.7 Å². The average Bonchev–Trinajstić information content (AvgIpc) is 3.81. The highest BCUT2D eigenvalue weighted by molar-refractivity contribution is 6.30. The molecular weight excluding hydrogens is 958 g/mol. The lowest BCUT2D eigenvalue weighted by molar-refractivity contribution is -0.386. The summed E-state index contributed by atoms with van der Waals surface area (Å²) in [5, 5.41) is 80.4. The molecular formula is C53H78ClNO17. The van der Waals surface area contributed by atoms with Crippen molar-refractivity contribution in [2.24, 2.45) is 46.3 Å². The molecule has 1 aromatic rings. The molecule has 5 saturated heterocycles. The van der Waals surface area contributed by atoms with Gasteiger partial charge in [0.05, 0.1) is 31.0 Å². The van der Waals surface area contributed by atoms with Gasteiger partial charge in [-0.25, -0.2) is 0 Å². The van der Waals surface area contributed by atoms with E-state index in [9.17, 15) is 40.5 Å². The van der Waals surface area contributed by atoms with E-state index >= 15 is 0 Å². The van der Waals surface area contributed by atoms with Crippen LogP contribution in [-0.4, -0.2) is 172 Å². The number of nitrogens with one attached hydrogen (secondary N) is 1. The molecule has 8 fully saturated rings. The van der Waals surface area contributed by atoms with E-state index in [0.29, 0.717) is 59.1 Å². The third-order valence-electron chi connectivity index (χ3n) is 19.2. The van der Waals surface area contributed by atoms with Crippen molar-refractivity contribution in [1.82, 2.24) is 5.32 Å². The maximum absolute atomic E-state index is 13.3. The predicted molar refractivity (Wildman–Crippen MR) is 256 cm³/mol. The zero-order valence-corrected chi connectivity index (χ0v) is 43.0. The number of fused-ring (bicyclic) bond motifs is 7. The molecule has 19 heteroatoms. The molecule has 10 rings (SSSR count). The number of ether oxygens (including phenoxy) is 9. The summed E-state index contributed by atoms with van der Waals surface area (Å²) in [5.74, 6) is 2.31. The first-order chi connectivity index (χ1) is 34.2. The Morgan fingerprint density at radius 3 is 2.07 bits per heavy atom. The Morgan fingerprint density at radius 1 is 0.750 bits per heavy atom. The molecule has 1 spiro atoms. The Bertz CT molecular complexity index is 2100. The van der Waals surface area contributed by atoms with Gasteiger partial charge in [-0.2, -0.15) is 0 Å². The summed E-state index contributed by atoms with van der Waals surface area (Å²) >= 11 is 6.02. The van der Waals surface area contributed by atoms with Gasteiger partial charge < -0.3 is 83.7 Å². The monoisotopic (exact) mass is 1040 g/mol. The largest absolute Gasteiger partial charge is 0.484 e. The van der Waals surface area contributed by atoms with E-state index in [-0.39, 0.29) is 30.1 Å². The van der Waals surface area contributed by atoms with Crippen molar-refractivity contribution in [3.8, 4) is 5.75 Å². The highest BCUT2D eigenvalue weighted by atomic mass is 35.5. The number of amides is 1. The molecule has 72 heavy (non-hydrogen) atoms. The molecule has 0 bridgehead atoms. The SMILES string of the molecule is C[C@@H]1CC[C@@]2(OC1)O[C@H]1C[C@H]3[C@@H]4CC=C5C[C@@H](O[C@@H]6O[C@H](CNC(=O)COc7ccc(Cl)cc7)[C@@H](O[C@H]7O[C@H](C)[C@@H](O)[C@H](O)[C@@H]7O)[C@H](O)[C@H]6O[C@H]6O[C@H](C)[C@@H](O)[C@H](O)[C@@H]6O)CC[C@]5(C)[C@H]4CC[C@]3(C)[C@H]1[C@@H]2C.